The first-order chi connectivity index (χ1) is 5.11. The Kier molecular flexibility index (Phi) is 6.62. The van der Waals surface area contributed by atoms with Crippen molar-refractivity contribution >= 4 is 36.2 Å². The number of hydrogen-bond donors (Lipinski definition) is 2. The lowest BCUT2D eigenvalue weighted by Crippen LogP contribution is -1.95. The van der Waals surface area contributed by atoms with Gasteiger partial charge < -0.3 is 11.5 Å². The highest BCUT2D eigenvalue weighted by Crippen LogP contribution is 2.23. The zero-order chi connectivity index (χ0) is 8.43. The summed E-state index contributed by atoms with van der Waals surface area (Å²) >= 11 is 0. The molecule has 0 saturated carbocycles. The Balaban J connectivity index is 0. The predicted octanol–water partition coefficient (Wildman–Crippen LogP) is 2.63. The van der Waals surface area contributed by atoms with Crippen LogP contribution in [-0.2, 0) is 0 Å². The molecule has 0 heterocycles. The van der Waals surface area contributed by atoms with E-state index in [2.05, 4.69) is 0 Å². The number of alkyl halides is 2. The van der Waals surface area contributed by atoms with E-state index in [9.17, 15) is 8.78 Å². The highest BCUT2D eigenvalue weighted by molar-refractivity contribution is 5.85. The van der Waals surface area contributed by atoms with Crippen LogP contribution in [0.15, 0.2) is 18.2 Å². The van der Waals surface area contributed by atoms with E-state index in [0.29, 0.717) is 5.69 Å². The van der Waals surface area contributed by atoms with E-state index in [0.717, 1.165) is 0 Å². The number of hydrogen-bond acceptors (Lipinski definition) is 2. The minimum Gasteiger partial charge on any atom is -0.397 e. The molecule has 0 saturated heterocycles. The number of halogens is 4. The fourth-order valence-electron chi connectivity index (χ4n) is 0.729. The molecule has 4 N–H and O–H groups in total. The second kappa shape index (κ2) is 5.83. The number of nitrogens with two attached hydrogens (primary N) is 2. The maximum Gasteiger partial charge on any atom is 0.263 e. The predicted molar refractivity (Wildman–Crippen MR) is 54.7 cm³/mol. The summed E-state index contributed by atoms with van der Waals surface area (Å²) < 4.78 is 24.0. The van der Waals surface area contributed by atoms with Crippen molar-refractivity contribution < 1.29 is 8.78 Å². The van der Waals surface area contributed by atoms with E-state index >= 15 is 0 Å². The van der Waals surface area contributed by atoms with Crippen molar-refractivity contribution in [2.45, 2.75) is 6.43 Å². The van der Waals surface area contributed by atoms with Gasteiger partial charge >= 0.3 is 0 Å². The summed E-state index contributed by atoms with van der Waals surface area (Å²) in [5, 5.41) is 0. The third kappa shape index (κ3) is 3.65. The van der Waals surface area contributed by atoms with Gasteiger partial charge in [0.2, 0.25) is 0 Å². The Labute approximate surface area is 87.1 Å². The maximum absolute atomic E-state index is 12.0. The van der Waals surface area contributed by atoms with Gasteiger partial charge in [-0.05, 0) is 12.1 Å². The van der Waals surface area contributed by atoms with E-state index in [1.54, 1.807) is 0 Å². The lowest BCUT2D eigenvalue weighted by molar-refractivity contribution is 0.151. The fourth-order valence-corrected chi connectivity index (χ4v) is 0.729. The van der Waals surface area contributed by atoms with Crippen LogP contribution in [0.2, 0.25) is 0 Å². The molecule has 0 aliphatic heterocycles. The lowest BCUT2D eigenvalue weighted by atomic mass is 10.2. The van der Waals surface area contributed by atoms with Gasteiger partial charge in [0.25, 0.3) is 6.43 Å². The van der Waals surface area contributed by atoms with Crippen LogP contribution in [0.3, 0.4) is 0 Å². The molecule has 0 aliphatic rings. The van der Waals surface area contributed by atoms with E-state index in [-0.39, 0.29) is 36.1 Å². The van der Waals surface area contributed by atoms with Crippen LogP contribution in [0.5, 0.6) is 0 Å². The molecule has 0 aliphatic carbocycles. The van der Waals surface area contributed by atoms with Gasteiger partial charge in [-0.2, -0.15) is 0 Å². The highest BCUT2D eigenvalue weighted by Gasteiger charge is 2.07. The van der Waals surface area contributed by atoms with Crippen LogP contribution in [-0.4, -0.2) is 0 Å². The molecule has 0 fully saturated rings. The SMILES string of the molecule is Cl.Cl.Nc1ccc(C(F)F)cc1N. The van der Waals surface area contributed by atoms with E-state index < -0.39 is 6.43 Å². The molecule has 0 bridgehead atoms. The summed E-state index contributed by atoms with van der Waals surface area (Å²) in [5.74, 6) is 0. The second-order valence-electron chi connectivity index (χ2n) is 2.19. The Hall–Kier alpha value is -0.740. The molecule has 1 aromatic rings. The van der Waals surface area contributed by atoms with Gasteiger partial charge in [-0.25, -0.2) is 8.78 Å². The van der Waals surface area contributed by atoms with Crippen molar-refractivity contribution in [1.82, 2.24) is 0 Å². The Morgan fingerprint density at radius 3 is 1.92 bits per heavy atom. The first-order valence-electron chi connectivity index (χ1n) is 3.04. The molecule has 0 atom stereocenters. The van der Waals surface area contributed by atoms with Gasteiger partial charge in [0.05, 0.1) is 11.4 Å². The molecule has 76 valence electrons. The standard InChI is InChI=1S/C7H8F2N2.2ClH/c8-7(9)4-1-2-5(10)6(11)3-4;;/h1-3,7H,10-11H2;2*1H. The zero-order valence-electron chi connectivity index (χ0n) is 6.54. The molecule has 0 unspecified atom stereocenters. The molecule has 6 heteroatoms. The third-order valence-corrected chi connectivity index (χ3v) is 1.36. The quantitative estimate of drug-likeness (QED) is 0.730. The smallest absolute Gasteiger partial charge is 0.263 e. The van der Waals surface area contributed by atoms with Gasteiger partial charge in [0, 0.05) is 5.56 Å². The summed E-state index contributed by atoms with van der Waals surface area (Å²) in [6.45, 7) is 0. The van der Waals surface area contributed by atoms with Crippen molar-refractivity contribution in [3.63, 3.8) is 0 Å². The maximum atomic E-state index is 12.0. The van der Waals surface area contributed by atoms with Gasteiger partial charge in [0.1, 0.15) is 0 Å². The first kappa shape index (κ1) is 14.8. The van der Waals surface area contributed by atoms with Gasteiger partial charge in [0.15, 0.2) is 0 Å². The number of anilines is 2. The topological polar surface area (TPSA) is 52.0 Å². The van der Waals surface area contributed by atoms with Gasteiger partial charge in [-0.3, -0.25) is 0 Å². The summed E-state index contributed by atoms with van der Waals surface area (Å²) in [5.41, 5.74) is 11.0. The molecule has 1 rings (SSSR count). The van der Waals surface area contributed by atoms with Crippen LogP contribution in [0.25, 0.3) is 0 Å². The highest BCUT2D eigenvalue weighted by atomic mass is 35.5. The van der Waals surface area contributed by atoms with Gasteiger partial charge in [-0.15, -0.1) is 24.8 Å². The Bertz CT molecular complexity index is 269. The van der Waals surface area contributed by atoms with Crippen LogP contribution in [0, 0.1) is 0 Å². The Morgan fingerprint density at radius 2 is 1.54 bits per heavy atom. The molecule has 0 spiro atoms. The average Bonchev–Trinajstić information content (AvgIpc) is 1.94. The number of rotatable bonds is 1. The molecule has 0 amide bonds. The largest absolute Gasteiger partial charge is 0.397 e. The van der Waals surface area contributed by atoms with E-state index in [1.807, 2.05) is 0 Å². The first-order valence-corrected chi connectivity index (χ1v) is 3.04. The normalized spacial score (nSPS) is 8.85. The van der Waals surface area contributed by atoms with Crippen molar-refractivity contribution in [2.24, 2.45) is 0 Å². The summed E-state index contributed by atoms with van der Waals surface area (Å²) in [6.07, 6.45) is -2.49. The molecular formula is C7H10Cl2F2N2. The Morgan fingerprint density at radius 1 is 1.00 bits per heavy atom. The summed E-state index contributed by atoms with van der Waals surface area (Å²) in [4.78, 5) is 0. The monoisotopic (exact) mass is 230 g/mol. The average molecular weight is 231 g/mol. The fraction of sp³-hybridized carbons (Fsp3) is 0.143. The second-order valence-corrected chi connectivity index (χ2v) is 2.19. The van der Waals surface area contributed by atoms with Crippen molar-refractivity contribution in [1.29, 1.82) is 0 Å². The van der Waals surface area contributed by atoms with E-state index in [1.165, 1.54) is 18.2 Å². The molecule has 1 aromatic carbocycles. The van der Waals surface area contributed by atoms with E-state index in [4.69, 9.17) is 11.5 Å². The molecule has 13 heavy (non-hydrogen) atoms. The summed E-state index contributed by atoms with van der Waals surface area (Å²) in [7, 11) is 0. The van der Waals surface area contributed by atoms with Crippen molar-refractivity contribution in [3.8, 4) is 0 Å². The van der Waals surface area contributed by atoms with Crippen LogP contribution < -0.4 is 11.5 Å². The van der Waals surface area contributed by atoms with Crippen molar-refractivity contribution in [3.05, 3.63) is 23.8 Å². The van der Waals surface area contributed by atoms with Crippen molar-refractivity contribution in [2.75, 3.05) is 11.5 Å². The summed E-state index contributed by atoms with van der Waals surface area (Å²) in [6, 6.07) is 3.81. The minimum atomic E-state index is -2.49. The van der Waals surface area contributed by atoms with Crippen LogP contribution in [0.1, 0.15) is 12.0 Å². The number of nitrogen functional groups attached to an aromatic ring is 2. The van der Waals surface area contributed by atoms with Crippen LogP contribution >= 0.6 is 24.8 Å². The minimum absolute atomic E-state index is 0. The third-order valence-electron chi connectivity index (χ3n) is 1.36. The lowest BCUT2D eigenvalue weighted by Gasteiger charge is -2.02. The molecule has 2 nitrogen and oxygen atoms in total. The molecule has 0 radical (unpaired) electrons. The van der Waals surface area contributed by atoms with Crippen LogP contribution in [0.4, 0.5) is 20.2 Å². The molecular weight excluding hydrogens is 221 g/mol. The van der Waals surface area contributed by atoms with Gasteiger partial charge in [-0.1, -0.05) is 6.07 Å². The zero-order valence-corrected chi connectivity index (χ0v) is 8.17. The molecule has 0 aromatic heterocycles. The number of benzene rings is 1.